The summed E-state index contributed by atoms with van der Waals surface area (Å²) in [6.07, 6.45) is 0. The van der Waals surface area contributed by atoms with Crippen LogP contribution in [0.25, 0.3) is 11.3 Å². The van der Waals surface area contributed by atoms with Gasteiger partial charge in [0.25, 0.3) is 5.91 Å². The summed E-state index contributed by atoms with van der Waals surface area (Å²) < 4.78 is 29.0. The van der Waals surface area contributed by atoms with Crippen LogP contribution in [0.2, 0.25) is 0 Å². The number of halogens is 1. The maximum absolute atomic E-state index is 13.3. The lowest BCUT2D eigenvalue weighted by Crippen LogP contribution is -2.20. The monoisotopic (exact) mass is 433 g/mol. The van der Waals surface area contributed by atoms with Crippen LogP contribution in [0.1, 0.15) is 0 Å². The predicted molar refractivity (Wildman–Crippen MR) is 108 cm³/mol. The molecule has 1 aromatic heterocycles. The number of hydrogen-bond donors (Lipinski definition) is 1. The molecule has 30 heavy (non-hydrogen) atoms. The Morgan fingerprint density at radius 3 is 2.70 bits per heavy atom. The summed E-state index contributed by atoms with van der Waals surface area (Å²) in [5.74, 6) is -0.467. The third-order valence-corrected chi connectivity index (χ3v) is 4.67. The van der Waals surface area contributed by atoms with Gasteiger partial charge in [-0.2, -0.15) is 0 Å². The van der Waals surface area contributed by atoms with Crippen molar-refractivity contribution in [2.45, 2.75) is 0 Å². The standard InChI is InChI=1S/C19H16FN3O6S/c1-27-12-4-5-13(16(8-12)28-2)14-10-30-19(21-14)22-18(24)9-29-17-7-11(20)3-6-15(17)23(25)26/h3-8,10H,9H2,1-2H3,(H,21,22,24). The number of hydrogen-bond acceptors (Lipinski definition) is 8. The van der Waals surface area contributed by atoms with Crippen LogP contribution >= 0.6 is 11.3 Å². The number of anilines is 1. The normalized spacial score (nSPS) is 10.4. The number of nitrogens with zero attached hydrogens (tertiary/aromatic N) is 2. The lowest BCUT2D eigenvalue weighted by molar-refractivity contribution is -0.385. The molecule has 0 radical (unpaired) electrons. The summed E-state index contributed by atoms with van der Waals surface area (Å²) in [4.78, 5) is 26.7. The molecule has 0 aliphatic heterocycles. The van der Waals surface area contributed by atoms with Gasteiger partial charge < -0.3 is 14.2 Å². The van der Waals surface area contributed by atoms with Crippen molar-refractivity contribution in [3.63, 3.8) is 0 Å². The Morgan fingerprint density at radius 1 is 1.20 bits per heavy atom. The van der Waals surface area contributed by atoms with Crippen LogP contribution in [-0.4, -0.2) is 36.6 Å². The summed E-state index contributed by atoms with van der Waals surface area (Å²) in [5, 5.41) is 15.5. The van der Waals surface area contributed by atoms with E-state index in [-0.39, 0.29) is 5.75 Å². The van der Waals surface area contributed by atoms with Gasteiger partial charge in [-0.15, -0.1) is 11.3 Å². The molecule has 0 saturated heterocycles. The molecule has 1 heterocycles. The average molecular weight is 433 g/mol. The molecule has 3 aromatic rings. The van der Waals surface area contributed by atoms with Gasteiger partial charge in [0.05, 0.1) is 24.8 Å². The number of nitro groups is 1. The van der Waals surface area contributed by atoms with Gasteiger partial charge in [-0.25, -0.2) is 9.37 Å². The van der Waals surface area contributed by atoms with Crippen molar-refractivity contribution in [3.8, 4) is 28.5 Å². The van der Waals surface area contributed by atoms with Crippen molar-refractivity contribution < 1.29 is 28.3 Å². The van der Waals surface area contributed by atoms with Crippen molar-refractivity contribution in [3.05, 3.63) is 57.7 Å². The molecule has 9 nitrogen and oxygen atoms in total. The molecular weight excluding hydrogens is 417 g/mol. The first-order chi connectivity index (χ1) is 14.4. The third-order valence-electron chi connectivity index (χ3n) is 3.91. The molecule has 11 heteroatoms. The second-order valence-corrected chi connectivity index (χ2v) is 6.67. The van der Waals surface area contributed by atoms with Crippen molar-refractivity contribution in [1.82, 2.24) is 4.98 Å². The molecule has 0 aliphatic rings. The third kappa shape index (κ3) is 4.81. The quantitative estimate of drug-likeness (QED) is 0.423. The molecule has 1 amide bonds. The summed E-state index contributed by atoms with van der Waals surface area (Å²) in [7, 11) is 3.07. The Morgan fingerprint density at radius 2 is 2.00 bits per heavy atom. The fourth-order valence-corrected chi connectivity index (χ4v) is 3.24. The predicted octanol–water partition coefficient (Wildman–Crippen LogP) is 3.89. The fourth-order valence-electron chi connectivity index (χ4n) is 2.52. The van der Waals surface area contributed by atoms with Gasteiger partial charge in [-0.1, -0.05) is 0 Å². The topological polar surface area (TPSA) is 113 Å². The number of nitrogens with one attached hydrogen (secondary N) is 1. The van der Waals surface area contributed by atoms with Crippen molar-refractivity contribution in [1.29, 1.82) is 0 Å². The summed E-state index contributed by atoms with van der Waals surface area (Å²) in [5.41, 5.74) is 0.852. The lowest BCUT2D eigenvalue weighted by Gasteiger charge is -2.08. The maximum Gasteiger partial charge on any atom is 0.311 e. The number of carbonyl (C=O) groups excluding carboxylic acids is 1. The van der Waals surface area contributed by atoms with Crippen LogP contribution < -0.4 is 19.5 Å². The zero-order valence-electron chi connectivity index (χ0n) is 15.9. The van der Waals surface area contributed by atoms with E-state index < -0.39 is 28.9 Å². The molecule has 0 saturated carbocycles. The van der Waals surface area contributed by atoms with Gasteiger partial charge >= 0.3 is 5.69 Å². The molecule has 1 N–H and O–H groups in total. The van der Waals surface area contributed by atoms with Gasteiger partial charge in [0.1, 0.15) is 17.3 Å². The van der Waals surface area contributed by atoms with E-state index in [2.05, 4.69) is 10.3 Å². The minimum atomic E-state index is -0.720. The summed E-state index contributed by atoms with van der Waals surface area (Å²) in [6, 6.07) is 8.02. The van der Waals surface area contributed by atoms with E-state index in [0.717, 1.165) is 18.2 Å². The zero-order valence-corrected chi connectivity index (χ0v) is 16.7. The SMILES string of the molecule is COc1ccc(-c2csc(NC(=O)COc3cc(F)ccc3[N+](=O)[O-])n2)c(OC)c1. The number of amides is 1. The number of benzene rings is 2. The molecule has 3 rings (SSSR count). The molecule has 0 unspecified atom stereocenters. The Kier molecular flexibility index (Phi) is 6.42. The van der Waals surface area contributed by atoms with E-state index in [1.54, 1.807) is 30.7 Å². The second-order valence-electron chi connectivity index (χ2n) is 5.81. The van der Waals surface area contributed by atoms with Crippen LogP contribution in [0.3, 0.4) is 0 Å². The number of methoxy groups -OCH3 is 2. The maximum atomic E-state index is 13.3. The Bertz CT molecular complexity index is 1090. The number of nitro benzene ring substituents is 1. The molecule has 0 atom stereocenters. The van der Waals surface area contributed by atoms with Crippen LogP contribution in [-0.2, 0) is 4.79 Å². The highest BCUT2D eigenvalue weighted by atomic mass is 32.1. The Hall–Kier alpha value is -3.73. The molecule has 2 aromatic carbocycles. The smallest absolute Gasteiger partial charge is 0.311 e. The minimum absolute atomic E-state index is 0.296. The van der Waals surface area contributed by atoms with Gasteiger partial charge in [0.2, 0.25) is 5.75 Å². The van der Waals surface area contributed by atoms with Crippen LogP contribution in [0.5, 0.6) is 17.2 Å². The molecular formula is C19H16FN3O6S. The minimum Gasteiger partial charge on any atom is -0.497 e. The number of thiazole rings is 1. The summed E-state index contributed by atoms with van der Waals surface area (Å²) >= 11 is 1.18. The van der Waals surface area contributed by atoms with Crippen LogP contribution in [0, 0.1) is 15.9 Å². The fraction of sp³-hybridized carbons (Fsp3) is 0.158. The number of ether oxygens (including phenoxy) is 3. The Balaban J connectivity index is 1.68. The molecule has 156 valence electrons. The van der Waals surface area contributed by atoms with Gasteiger partial charge in [-0.05, 0) is 18.2 Å². The zero-order chi connectivity index (χ0) is 21.7. The lowest BCUT2D eigenvalue weighted by atomic mass is 10.1. The average Bonchev–Trinajstić information content (AvgIpc) is 3.19. The summed E-state index contributed by atoms with van der Waals surface area (Å²) in [6.45, 7) is -0.551. The number of rotatable bonds is 8. The molecule has 0 bridgehead atoms. The van der Waals surface area contributed by atoms with Crippen LogP contribution in [0.15, 0.2) is 41.8 Å². The molecule has 0 spiro atoms. The van der Waals surface area contributed by atoms with E-state index >= 15 is 0 Å². The molecule has 0 fully saturated rings. The van der Waals surface area contributed by atoms with Crippen LogP contribution in [0.4, 0.5) is 15.2 Å². The number of aromatic nitrogens is 1. The first-order valence-electron chi connectivity index (χ1n) is 8.45. The highest BCUT2D eigenvalue weighted by molar-refractivity contribution is 7.14. The second kappa shape index (κ2) is 9.18. The van der Waals surface area contributed by atoms with Crippen molar-refractivity contribution in [2.75, 3.05) is 26.1 Å². The number of carbonyl (C=O) groups is 1. The van der Waals surface area contributed by atoms with Gasteiger partial charge in [0, 0.05) is 29.1 Å². The van der Waals surface area contributed by atoms with E-state index in [9.17, 15) is 19.3 Å². The van der Waals surface area contributed by atoms with E-state index in [4.69, 9.17) is 14.2 Å². The van der Waals surface area contributed by atoms with Crippen molar-refractivity contribution >= 4 is 28.1 Å². The highest BCUT2D eigenvalue weighted by Crippen LogP contribution is 2.35. The first-order valence-corrected chi connectivity index (χ1v) is 9.33. The highest BCUT2D eigenvalue weighted by Gasteiger charge is 2.18. The first kappa shape index (κ1) is 21.0. The molecule has 0 aliphatic carbocycles. The van der Waals surface area contributed by atoms with Gasteiger partial charge in [-0.3, -0.25) is 20.2 Å². The Labute approximate surface area is 174 Å². The van der Waals surface area contributed by atoms with Gasteiger partial charge in [0.15, 0.2) is 11.7 Å². The van der Waals surface area contributed by atoms with Crippen molar-refractivity contribution in [2.24, 2.45) is 0 Å². The van der Waals surface area contributed by atoms with E-state index in [1.165, 1.54) is 18.4 Å². The van der Waals surface area contributed by atoms with E-state index in [1.807, 2.05) is 0 Å². The largest absolute Gasteiger partial charge is 0.497 e. The van der Waals surface area contributed by atoms with E-state index in [0.29, 0.717) is 27.9 Å².